The predicted octanol–water partition coefficient (Wildman–Crippen LogP) is 4.19. The molecule has 0 bridgehead atoms. The summed E-state index contributed by atoms with van der Waals surface area (Å²) in [5.41, 5.74) is 2.04. The molecule has 33 heavy (non-hydrogen) atoms. The van der Waals surface area contributed by atoms with Gasteiger partial charge in [0.2, 0.25) is 0 Å². The fourth-order valence-electron chi connectivity index (χ4n) is 4.21. The number of nitrogens with one attached hydrogen (secondary N) is 1. The smallest absolute Gasteiger partial charge is 0.280 e. The standard InChI is InChI=1S/C25H26N4O3S/c1-31-19-10-8-18(9-11-19)28-12-14-29(15-13-28)21(22-6-4-16-32-22)17-26-24(30)25-27-20-5-2-3-7-23(20)33-25/h2-11,16,21H,12-15,17H2,1H3,(H,26,30). The lowest BCUT2D eigenvalue weighted by atomic mass is 10.1. The molecule has 0 spiro atoms. The van der Waals surface area contributed by atoms with Gasteiger partial charge in [-0.3, -0.25) is 9.69 Å². The zero-order valence-corrected chi connectivity index (χ0v) is 19.3. The Balaban J connectivity index is 1.24. The van der Waals surface area contributed by atoms with Crippen molar-refractivity contribution in [3.05, 3.63) is 77.7 Å². The fourth-order valence-corrected chi connectivity index (χ4v) is 5.09. The third-order valence-electron chi connectivity index (χ3n) is 6.01. The summed E-state index contributed by atoms with van der Waals surface area (Å²) in [5.74, 6) is 1.57. The Morgan fingerprint density at radius 1 is 1.09 bits per heavy atom. The van der Waals surface area contributed by atoms with E-state index >= 15 is 0 Å². The Morgan fingerprint density at radius 2 is 1.88 bits per heavy atom. The molecule has 1 aliphatic rings. The predicted molar refractivity (Wildman–Crippen MR) is 130 cm³/mol. The number of thiazole rings is 1. The number of carbonyl (C=O) groups excluding carboxylic acids is 1. The van der Waals surface area contributed by atoms with E-state index in [4.69, 9.17) is 9.15 Å². The van der Waals surface area contributed by atoms with E-state index in [0.29, 0.717) is 11.6 Å². The van der Waals surface area contributed by atoms with E-state index in [2.05, 4.69) is 32.2 Å². The maximum Gasteiger partial charge on any atom is 0.280 e. The van der Waals surface area contributed by atoms with Crippen LogP contribution in [-0.4, -0.2) is 55.6 Å². The van der Waals surface area contributed by atoms with Gasteiger partial charge in [-0.1, -0.05) is 12.1 Å². The van der Waals surface area contributed by atoms with Gasteiger partial charge in [0.25, 0.3) is 5.91 Å². The average Bonchev–Trinajstić information content (AvgIpc) is 3.55. The van der Waals surface area contributed by atoms with Crippen molar-refractivity contribution in [1.29, 1.82) is 0 Å². The molecule has 1 N–H and O–H groups in total. The number of piperazine rings is 1. The molecule has 1 atom stereocenters. The highest BCUT2D eigenvalue weighted by atomic mass is 32.1. The van der Waals surface area contributed by atoms with Crippen molar-refractivity contribution in [2.75, 3.05) is 44.7 Å². The number of hydrogen-bond donors (Lipinski definition) is 1. The summed E-state index contributed by atoms with van der Waals surface area (Å²) in [6, 6.07) is 19.8. The Bertz CT molecular complexity index is 1170. The molecule has 7 nitrogen and oxygen atoms in total. The summed E-state index contributed by atoms with van der Waals surface area (Å²) < 4.78 is 12.0. The van der Waals surface area contributed by atoms with Crippen LogP contribution in [0.4, 0.5) is 5.69 Å². The molecule has 1 unspecified atom stereocenters. The molecule has 1 amide bonds. The van der Waals surface area contributed by atoms with Crippen LogP contribution in [0.15, 0.2) is 71.3 Å². The van der Waals surface area contributed by atoms with Crippen LogP contribution in [0.25, 0.3) is 10.2 Å². The van der Waals surface area contributed by atoms with E-state index < -0.39 is 0 Å². The number of benzene rings is 2. The van der Waals surface area contributed by atoms with Gasteiger partial charge in [0, 0.05) is 38.4 Å². The zero-order valence-electron chi connectivity index (χ0n) is 18.4. The molecular weight excluding hydrogens is 436 g/mol. The lowest BCUT2D eigenvalue weighted by Crippen LogP contribution is -2.49. The van der Waals surface area contributed by atoms with E-state index in [1.807, 2.05) is 48.5 Å². The first kappa shape index (κ1) is 21.5. The maximum absolute atomic E-state index is 12.8. The molecule has 3 heterocycles. The number of anilines is 1. The summed E-state index contributed by atoms with van der Waals surface area (Å²) in [5, 5.41) is 3.57. The van der Waals surface area contributed by atoms with Crippen molar-refractivity contribution >= 4 is 33.1 Å². The number of amides is 1. The largest absolute Gasteiger partial charge is 0.497 e. The van der Waals surface area contributed by atoms with Crippen LogP contribution >= 0.6 is 11.3 Å². The number of furan rings is 1. The summed E-state index contributed by atoms with van der Waals surface area (Å²) in [7, 11) is 1.68. The molecule has 4 aromatic rings. The third-order valence-corrected chi connectivity index (χ3v) is 7.04. The first-order valence-electron chi connectivity index (χ1n) is 11.0. The first-order valence-corrected chi connectivity index (χ1v) is 11.8. The summed E-state index contributed by atoms with van der Waals surface area (Å²) in [6.45, 7) is 4.00. The Morgan fingerprint density at radius 3 is 2.58 bits per heavy atom. The van der Waals surface area contributed by atoms with Crippen molar-refractivity contribution in [2.24, 2.45) is 0 Å². The third kappa shape index (κ3) is 4.72. The van der Waals surface area contributed by atoms with Crippen LogP contribution in [0.1, 0.15) is 21.6 Å². The second-order valence-electron chi connectivity index (χ2n) is 7.95. The van der Waals surface area contributed by atoms with Crippen molar-refractivity contribution in [3.8, 4) is 5.75 Å². The van der Waals surface area contributed by atoms with Gasteiger partial charge in [0.05, 0.1) is 29.6 Å². The average molecular weight is 463 g/mol. The van der Waals surface area contributed by atoms with Gasteiger partial charge >= 0.3 is 0 Å². The van der Waals surface area contributed by atoms with Gasteiger partial charge < -0.3 is 19.4 Å². The van der Waals surface area contributed by atoms with Gasteiger partial charge in [0.15, 0.2) is 5.01 Å². The Kier molecular flexibility index (Phi) is 6.28. The Hall–Kier alpha value is -3.36. The second-order valence-corrected chi connectivity index (χ2v) is 8.98. The molecule has 1 aliphatic heterocycles. The number of fused-ring (bicyclic) bond motifs is 1. The first-order chi connectivity index (χ1) is 16.2. The number of para-hydroxylation sites is 1. The quantitative estimate of drug-likeness (QED) is 0.444. The van der Waals surface area contributed by atoms with Crippen LogP contribution in [0.5, 0.6) is 5.75 Å². The number of rotatable bonds is 7. The van der Waals surface area contributed by atoms with E-state index in [9.17, 15) is 4.79 Å². The van der Waals surface area contributed by atoms with Gasteiger partial charge in [-0.2, -0.15) is 0 Å². The monoisotopic (exact) mass is 462 g/mol. The maximum atomic E-state index is 12.8. The molecule has 170 valence electrons. The number of carbonyl (C=O) groups is 1. The Labute approximate surface area is 196 Å². The summed E-state index contributed by atoms with van der Waals surface area (Å²) in [4.78, 5) is 22.0. The van der Waals surface area contributed by atoms with Gasteiger partial charge in [-0.25, -0.2) is 4.98 Å². The van der Waals surface area contributed by atoms with Crippen LogP contribution in [0.3, 0.4) is 0 Å². The second kappa shape index (κ2) is 9.64. The minimum Gasteiger partial charge on any atom is -0.497 e. The lowest BCUT2D eigenvalue weighted by molar-refractivity contribution is 0.0922. The zero-order chi connectivity index (χ0) is 22.6. The van der Waals surface area contributed by atoms with Crippen LogP contribution < -0.4 is 15.0 Å². The topological polar surface area (TPSA) is 70.8 Å². The SMILES string of the molecule is COc1ccc(N2CCN(C(CNC(=O)c3nc4ccccc4s3)c3ccco3)CC2)cc1. The van der Waals surface area contributed by atoms with Crippen molar-refractivity contribution in [1.82, 2.24) is 15.2 Å². The highest BCUT2D eigenvalue weighted by Crippen LogP contribution is 2.26. The molecule has 0 aliphatic carbocycles. The number of hydrogen-bond acceptors (Lipinski definition) is 7. The summed E-state index contributed by atoms with van der Waals surface area (Å²) in [6.07, 6.45) is 1.69. The van der Waals surface area contributed by atoms with Gasteiger partial charge in [-0.15, -0.1) is 11.3 Å². The molecule has 1 fully saturated rings. The van der Waals surface area contributed by atoms with Crippen molar-refractivity contribution < 1.29 is 13.9 Å². The lowest BCUT2D eigenvalue weighted by Gasteiger charge is -2.39. The molecule has 5 rings (SSSR count). The van der Waals surface area contributed by atoms with E-state index in [-0.39, 0.29) is 11.9 Å². The molecule has 1 saturated heterocycles. The van der Waals surface area contributed by atoms with E-state index in [1.165, 1.54) is 17.0 Å². The molecule has 8 heteroatoms. The van der Waals surface area contributed by atoms with Crippen LogP contribution in [-0.2, 0) is 0 Å². The normalized spacial score (nSPS) is 15.5. The number of methoxy groups -OCH3 is 1. The highest BCUT2D eigenvalue weighted by Gasteiger charge is 2.28. The van der Waals surface area contributed by atoms with Crippen LogP contribution in [0.2, 0.25) is 0 Å². The molecular formula is C25H26N4O3S. The van der Waals surface area contributed by atoms with Crippen LogP contribution in [0, 0.1) is 0 Å². The fraction of sp³-hybridized carbons (Fsp3) is 0.280. The summed E-state index contributed by atoms with van der Waals surface area (Å²) >= 11 is 1.41. The van der Waals surface area contributed by atoms with E-state index in [1.54, 1.807) is 13.4 Å². The molecule has 0 saturated carbocycles. The minimum absolute atomic E-state index is 0.0312. The van der Waals surface area contributed by atoms with Gasteiger partial charge in [-0.05, 0) is 48.5 Å². The van der Waals surface area contributed by atoms with Gasteiger partial charge in [0.1, 0.15) is 11.5 Å². The highest BCUT2D eigenvalue weighted by molar-refractivity contribution is 7.20. The van der Waals surface area contributed by atoms with Crippen molar-refractivity contribution in [3.63, 3.8) is 0 Å². The number of ether oxygens (including phenoxy) is 1. The van der Waals surface area contributed by atoms with E-state index in [0.717, 1.165) is 47.9 Å². The number of nitrogens with zero attached hydrogens (tertiary/aromatic N) is 3. The molecule has 2 aromatic carbocycles. The van der Waals surface area contributed by atoms with Crippen molar-refractivity contribution in [2.45, 2.75) is 6.04 Å². The minimum atomic E-state index is -0.148. The molecule has 2 aromatic heterocycles. The number of aromatic nitrogens is 1. The molecule has 0 radical (unpaired) electrons.